The lowest BCUT2D eigenvalue weighted by Gasteiger charge is -2.23. The fraction of sp³-hybridized carbons (Fsp3) is 0.417. The minimum atomic E-state index is -2.90. The molecule has 0 fully saturated rings. The summed E-state index contributed by atoms with van der Waals surface area (Å²) in [5.41, 5.74) is 4.78. The maximum atomic E-state index is 12.3. The summed E-state index contributed by atoms with van der Waals surface area (Å²) in [6.07, 6.45) is 0. The van der Waals surface area contributed by atoms with Gasteiger partial charge in [0.2, 0.25) is 5.91 Å². The number of carbonyl (C=O) groups is 1. The molecule has 0 saturated carbocycles. The topological polar surface area (TPSA) is 64.3 Å². The third-order valence-electron chi connectivity index (χ3n) is 2.58. The Balaban J connectivity index is 2.87. The molecule has 0 aromatic heterocycles. The van der Waals surface area contributed by atoms with E-state index in [-0.39, 0.29) is 12.3 Å². The maximum Gasteiger partial charge on any atom is 0.387 e. The van der Waals surface area contributed by atoms with E-state index in [0.29, 0.717) is 5.56 Å². The average Bonchev–Trinajstić information content (AvgIpc) is 2.28. The van der Waals surface area contributed by atoms with Gasteiger partial charge in [-0.3, -0.25) is 10.1 Å². The maximum absolute atomic E-state index is 12.3. The van der Waals surface area contributed by atoms with Gasteiger partial charge in [-0.05, 0) is 32.0 Å². The first kappa shape index (κ1) is 15.8. The van der Waals surface area contributed by atoms with Crippen LogP contribution in [-0.4, -0.2) is 18.1 Å². The minimum Gasteiger partial charge on any atom is -0.434 e. The molecule has 0 heterocycles. The number of benzene rings is 1. The van der Waals surface area contributed by atoms with Crippen molar-refractivity contribution in [3.8, 4) is 5.75 Å². The number of nitrogens with one attached hydrogen (secondary N) is 1. The monoisotopic (exact) mass is 336 g/mol. The lowest BCUT2D eigenvalue weighted by Crippen LogP contribution is -2.50. The molecule has 7 heteroatoms. The molecule has 19 heavy (non-hydrogen) atoms. The van der Waals surface area contributed by atoms with Crippen LogP contribution in [0.3, 0.4) is 0 Å². The Bertz CT molecular complexity index is 467. The number of hydrogen-bond donors (Lipinski definition) is 2. The Morgan fingerprint density at radius 1 is 1.53 bits per heavy atom. The lowest BCUT2D eigenvalue weighted by molar-refractivity contribution is -0.123. The molecule has 1 aromatic rings. The highest BCUT2D eigenvalue weighted by molar-refractivity contribution is 9.10. The predicted octanol–water partition coefficient (Wildman–Crippen LogP) is 2.40. The van der Waals surface area contributed by atoms with Crippen molar-refractivity contribution in [3.63, 3.8) is 0 Å². The first-order chi connectivity index (χ1) is 8.72. The molecular formula is C12H15BrF2N2O2. The minimum absolute atomic E-state index is 0.0611. The van der Waals surface area contributed by atoms with Crippen molar-refractivity contribution in [2.75, 3.05) is 0 Å². The van der Waals surface area contributed by atoms with E-state index in [0.717, 1.165) is 4.47 Å². The van der Waals surface area contributed by atoms with E-state index in [1.165, 1.54) is 6.07 Å². The molecule has 0 spiro atoms. The summed E-state index contributed by atoms with van der Waals surface area (Å²) in [6, 6.07) is 4.67. The van der Waals surface area contributed by atoms with Gasteiger partial charge >= 0.3 is 6.61 Å². The molecule has 0 aliphatic heterocycles. The summed E-state index contributed by atoms with van der Waals surface area (Å²) < 4.78 is 29.7. The number of carbonyl (C=O) groups excluding carboxylic acids is 1. The molecular weight excluding hydrogens is 322 g/mol. The van der Waals surface area contributed by atoms with E-state index in [9.17, 15) is 13.6 Å². The zero-order chi connectivity index (χ0) is 14.6. The van der Waals surface area contributed by atoms with E-state index >= 15 is 0 Å². The molecule has 0 atom stereocenters. The van der Waals surface area contributed by atoms with Gasteiger partial charge in [0.1, 0.15) is 5.75 Å². The first-order valence-corrected chi connectivity index (χ1v) is 6.30. The van der Waals surface area contributed by atoms with E-state index < -0.39 is 18.1 Å². The molecule has 0 radical (unpaired) electrons. The van der Waals surface area contributed by atoms with Crippen LogP contribution in [0.15, 0.2) is 22.7 Å². The second kappa shape index (κ2) is 6.29. The molecule has 1 amide bonds. The second-order valence-electron chi connectivity index (χ2n) is 4.47. The largest absolute Gasteiger partial charge is 0.434 e. The third-order valence-corrected chi connectivity index (χ3v) is 3.07. The highest BCUT2D eigenvalue weighted by atomic mass is 79.9. The Morgan fingerprint density at radius 3 is 2.68 bits per heavy atom. The molecule has 0 unspecified atom stereocenters. The smallest absolute Gasteiger partial charge is 0.387 e. The number of ether oxygens (including phenoxy) is 1. The van der Waals surface area contributed by atoms with Gasteiger partial charge in [-0.2, -0.15) is 8.78 Å². The summed E-state index contributed by atoms with van der Waals surface area (Å²) in [7, 11) is 0. The number of primary amides is 1. The Hall–Kier alpha value is -1.21. The lowest BCUT2D eigenvalue weighted by atomic mass is 10.0. The van der Waals surface area contributed by atoms with Gasteiger partial charge in [0.15, 0.2) is 0 Å². The van der Waals surface area contributed by atoms with Gasteiger partial charge in [0.25, 0.3) is 0 Å². The normalized spacial score (nSPS) is 11.7. The van der Waals surface area contributed by atoms with Crippen molar-refractivity contribution in [3.05, 3.63) is 28.2 Å². The molecule has 0 aliphatic rings. The van der Waals surface area contributed by atoms with Crippen LogP contribution in [-0.2, 0) is 11.3 Å². The van der Waals surface area contributed by atoms with Gasteiger partial charge in [-0.15, -0.1) is 0 Å². The van der Waals surface area contributed by atoms with Crippen LogP contribution in [0.25, 0.3) is 0 Å². The van der Waals surface area contributed by atoms with E-state index in [1.807, 2.05) is 0 Å². The number of nitrogens with two attached hydrogens (primary N) is 1. The van der Waals surface area contributed by atoms with Crippen LogP contribution in [0.4, 0.5) is 8.78 Å². The van der Waals surface area contributed by atoms with Gasteiger partial charge in [0.05, 0.1) is 5.54 Å². The molecule has 0 bridgehead atoms. The second-order valence-corrected chi connectivity index (χ2v) is 5.39. The molecule has 0 saturated heterocycles. The van der Waals surface area contributed by atoms with E-state index in [4.69, 9.17) is 5.73 Å². The molecule has 0 aliphatic carbocycles. The van der Waals surface area contributed by atoms with Crippen molar-refractivity contribution >= 4 is 21.8 Å². The van der Waals surface area contributed by atoms with Gasteiger partial charge in [-0.25, -0.2) is 0 Å². The third kappa shape index (κ3) is 4.76. The van der Waals surface area contributed by atoms with E-state index in [2.05, 4.69) is 26.0 Å². The van der Waals surface area contributed by atoms with Crippen LogP contribution in [0.2, 0.25) is 0 Å². The number of amides is 1. The van der Waals surface area contributed by atoms with Gasteiger partial charge in [-0.1, -0.05) is 15.9 Å². The molecule has 3 N–H and O–H groups in total. The number of halogens is 3. The SMILES string of the molecule is CC(C)(NCc1cc(Br)ccc1OC(F)F)C(N)=O. The van der Waals surface area contributed by atoms with Crippen molar-refractivity contribution in [1.29, 1.82) is 0 Å². The molecule has 4 nitrogen and oxygen atoms in total. The highest BCUT2D eigenvalue weighted by Gasteiger charge is 2.24. The summed E-state index contributed by atoms with van der Waals surface area (Å²) in [6.45, 7) is 0.503. The molecule has 106 valence electrons. The fourth-order valence-corrected chi connectivity index (χ4v) is 1.71. The van der Waals surface area contributed by atoms with Crippen molar-refractivity contribution in [2.45, 2.75) is 32.5 Å². The van der Waals surface area contributed by atoms with E-state index in [1.54, 1.807) is 26.0 Å². The highest BCUT2D eigenvalue weighted by Crippen LogP contribution is 2.25. The molecule has 1 rings (SSSR count). The van der Waals surface area contributed by atoms with Gasteiger partial charge < -0.3 is 10.5 Å². The first-order valence-electron chi connectivity index (χ1n) is 5.50. The van der Waals surface area contributed by atoms with Gasteiger partial charge in [0, 0.05) is 16.6 Å². The zero-order valence-electron chi connectivity index (χ0n) is 10.5. The van der Waals surface area contributed by atoms with Crippen molar-refractivity contribution < 1.29 is 18.3 Å². The zero-order valence-corrected chi connectivity index (χ0v) is 12.1. The van der Waals surface area contributed by atoms with Crippen LogP contribution >= 0.6 is 15.9 Å². The predicted molar refractivity (Wildman–Crippen MR) is 70.9 cm³/mol. The average molecular weight is 337 g/mol. The standard InChI is InChI=1S/C12H15BrF2N2O2/c1-12(2,10(16)18)17-6-7-5-8(13)3-4-9(7)19-11(14)15/h3-5,11,17H,6H2,1-2H3,(H2,16,18). The molecule has 1 aromatic carbocycles. The van der Waals surface area contributed by atoms with Crippen LogP contribution < -0.4 is 15.8 Å². The summed E-state index contributed by atoms with van der Waals surface area (Å²) >= 11 is 3.25. The van der Waals surface area contributed by atoms with Crippen LogP contribution in [0, 0.1) is 0 Å². The van der Waals surface area contributed by atoms with Crippen molar-refractivity contribution in [2.24, 2.45) is 5.73 Å². The Morgan fingerprint density at radius 2 is 2.16 bits per heavy atom. The number of alkyl halides is 2. The summed E-state index contributed by atoms with van der Waals surface area (Å²) in [4.78, 5) is 11.2. The summed E-state index contributed by atoms with van der Waals surface area (Å²) in [5.74, 6) is -0.468. The Labute approximate surface area is 118 Å². The van der Waals surface area contributed by atoms with Crippen molar-refractivity contribution in [1.82, 2.24) is 5.32 Å². The summed E-state index contributed by atoms with van der Waals surface area (Å²) in [5, 5.41) is 2.90. The fourth-order valence-electron chi connectivity index (χ4n) is 1.30. The van der Waals surface area contributed by atoms with Crippen LogP contribution in [0.1, 0.15) is 19.4 Å². The number of hydrogen-bond acceptors (Lipinski definition) is 3. The Kier molecular flexibility index (Phi) is 5.25. The van der Waals surface area contributed by atoms with Crippen LogP contribution in [0.5, 0.6) is 5.75 Å². The number of rotatable bonds is 6. The quantitative estimate of drug-likeness (QED) is 0.838.